The lowest BCUT2D eigenvalue weighted by Crippen LogP contribution is -1.99. The normalized spacial score (nSPS) is 10.6. The quantitative estimate of drug-likeness (QED) is 0.817. The Hall–Kier alpha value is -1.27. The van der Waals surface area contributed by atoms with Crippen LogP contribution in [0.4, 0.5) is 0 Å². The van der Waals surface area contributed by atoms with Gasteiger partial charge in [-0.25, -0.2) is 0 Å². The van der Waals surface area contributed by atoms with E-state index in [1.54, 1.807) is 0 Å². The lowest BCUT2D eigenvalue weighted by Gasteiger charge is -2.05. The average Bonchev–Trinajstić information content (AvgIpc) is 2.50. The minimum Gasteiger partial charge on any atom is -0.344 e. The summed E-state index contributed by atoms with van der Waals surface area (Å²) in [5.41, 5.74) is 3.77. The van der Waals surface area contributed by atoms with Gasteiger partial charge in [0.1, 0.15) is 0 Å². The Bertz CT molecular complexity index is 576. The molecule has 0 amide bonds. The fourth-order valence-corrected chi connectivity index (χ4v) is 2.43. The lowest BCUT2D eigenvalue weighted by molar-refractivity contribution is 0.720. The summed E-state index contributed by atoms with van der Waals surface area (Å²) in [6.45, 7) is 5.02. The number of aromatic nitrogens is 1. The molecule has 0 radical (unpaired) electrons. The molecule has 0 unspecified atom stereocenters. The molecule has 0 atom stereocenters. The van der Waals surface area contributed by atoms with Gasteiger partial charge in [0.2, 0.25) is 0 Å². The summed E-state index contributed by atoms with van der Waals surface area (Å²) in [6.07, 6.45) is 0.556. The highest BCUT2D eigenvalue weighted by Crippen LogP contribution is 2.28. The van der Waals surface area contributed by atoms with Crippen LogP contribution in [0.5, 0.6) is 0 Å². The van der Waals surface area contributed by atoms with Crippen LogP contribution in [0, 0.1) is 25.2 Å². The lowest BCUT2D eigenvalue weighted by atomic mass is 10.2. The fraction of sp³-hybridized carbons (Fsp3) is 0.308. The molecular weight excluding hydrogens is 264 g/mol. The second-order valence-corrected chi connectivity index (χ2v) is 4.85. The monoisotopic (exact) mass is 276 g/mol. The summed E-state index contributed by atoms with van der Waals surface area (Å²) in [5, 5.41) is 9.94. The van der Waals surface area contributed by atoms with Gasteiger partial charge >= 0.3 is 0 Å². The topological polar surface area (TPSA) is 28.7 Å². The zero-order valence-electron chi connectivity index (χ0n) is 9.42. The van der Waals surface area contributed by atoms with E-state index in [2.05, 4.69) is 52.5 Å². The first-order valence-electron chi connectivity index (χ1n) is 5.27. The van der Waals surface area contributed by atoms with Crippen LogP contribution in [0.3, 0.4) is 0 Å². The van der Waals surface area contributed by atoms with Crippen LogP contribution in [-0.2, 0) is 6.54 Å². The maximum Gasteiger partial charge on any atom is 0.0640 e. The van der Waals surface area contributed by atoms with Crippen molar-refractivity contribution in [2.45, 2.75) is 26.8 Å². The molecule has 1 heterocycles. The Morgan fingerprint density at radius 3 is 2.81 bits per heavy atom. The van der Waals surface area contributed by atoms with Crippen molar-refractivity contribution in [3.8, 4) is 6.07 Å². The zero-order valence-corrected chi connectivity index (χ0v) is 11.0. The van der Waals surface area contributed by atoms with E-state index in [0.29, 0.717) is 6.42 Å². The van der Waals surface area contributed by atoms with Crippen molar-refractivity contribution in [3.63, 3.8) is 0 Å². The van der Waals surface area contributed by atoms with Crippen molar-refractivity contribution in [2.75, 3.05) is 0 Å². The van der Waals surface area contributed by atoms with E-state index in [1.807, 2.05) is 6.07 Å². The fourth-order valence-electron chi connectivity index (χ4n) is 2.07. The first kappa shape index (κ1) is 11.2. The third-order valence-electron chi connectivity index (χ3n) is 3.05. The molecule has 0 N–H and O–H groups in total. The molecule has 2 aromatic rings. The van der Waals surface area contributed by atoms with Crippen LogP contribution >= 0.6 is 15.9 Å². The van der Waals surface area contributed by atoms with Crippen LogP contribution in [-0.4, -0.2) is 4.57 Å². The van der Waals surface area contributed by atoms with Crippen molar-refractivity contribution in [1.29, 1.82) is 5.26 Å². The number of aryl methyl sites for hydroxylation is 2. The van der Waals surface area contributed by atoms with Crippen molar-refractivity contribution in [1.82, 2.24) is 4.57 Å². The Balaban J connectivity index is 2.65. The number of halogens is 1. The van der Waals surface area contributed by atoms with Gasteiger partial charge < -0.3 is 4.57 Å². The molecule has 0 aliphatic heterocycles. The minimum absolute atomic E-state index is 0.556. The average molecular weight is 277 g/mol. The standard InChI is InChI=1S/C13H13BrN2/c1-9-10(2)16(7-3-6-15)13-5-4-11(14)8-12(9)13/h4-5,8H,3,7H2,1-2H3. The molecule has 0 saturated heterocycles. The third-order valence-corrected chi connectivity index (χ3v) is 3.54. The highest BCUT2D eigenvalue weighted by molar-refractivity contribution is 9.10. The molecule has 0 fully saturated rings. The van der Waals surface area contributed by atoms with E-state index < -0.39 is 0 Å². The van der Waals surface area contributed by atoms with Gasteiger partial charge in [0.25, 0.3) is 0 Å². The van der Waals surface area contributed by atoms with Crippen LogP contribution in [0.1, 0.15) is 17.7 Å². The first-order valence-corrected chi connectivity index (χ1v) is 6.06. The van der Waals surface area contributed by atoms with Gasteiger partial charge in [0.05, 0.1) is 12.5 Å². The van der Waals surface area contributed by atoms with Crippen LogP contribution < -0.4 is 0 Å². The summed E-state index contributed by atoms with van der Waals surface area (Å²) in [7, 11) is 0. The second kappa shape index (κ2) is 4.31. The maximum atomic E-state index is 8.67. The molecular formula is C13H13BrN2. The molecule has 2 rings (SSSR count). The summed E-state index contributed by atoms with van der Waals surface area (Å²) in [4.78, 5) is 0. The van der Waals surface area contributed by atoms with Gasteiger partial charge in [-0.15, -0.1) is 0 Å². The third kappa shape index (κ3) is 1.74. The minimum atomic E-state index is 0.556. The maximum absolute atomic E-state index is 8.67. The van der Waals surface area contributed by atoms with Crippen molar-refractivity contribution >= 4 is 26.8 Å². The van der Waals surface area contributed by atoms with E-state index in [1.165, 1.54) is 22.2 Å². The van der Waals surface area contributed by atoms with Gasteiger partial charge in [0, 0.05) is 27.6 Å². The summed E-state index contributed by atoms with van der Waals surface area (Å²) in [6, 6.07) is 8.49. The predicted octanol–water partition coefficient (Wildman–Crippen LogP) is 3.93. The molecule has 0 saturated carbocycles. The summed E-state index contributed by atoms with van der Waals surface area (Å²) < 4.78 is 3.32. The summed E-state index contributed by atoms with van der Waals surface area (Å²) >= 11 is 3.49. The van der Waals surface area contributed by atoms with Gasteiger partial charge in [-0.05, 0) is 37.6 Å². The molecule has 16 heavy (non-hydrogen) atoms. The molecule has 0 bridgehead atoms. The van der Waals surface area contributed by atoms with Gasteiger partial charge in [-0.1, -0.05) is 15.9 Å². The first-order chi connectivity index (χ1) is 7.65. The second-order valence-electron chi connectivity index (χ2n) is 3.93. The highest BCUT2D eigenvalue weighted by atomic mass is 79.9. The molecule has 3 heteroatoms. The van der Waals surface area contributed by atoms with Crippen molar-refractivity contribution in [2.24, 2.45) is 0 Å². The number of nitriles is 1. The SMILES string of the molecule is Cc1c(C)n(CCC#N)c2ccc(Br)cc12. The molecule has 82 valence electrons. The van der Waals surface area contributed by atoms with Crippen LogP contribution in [0.2, 0.25) is 0 Å². The molecule has 1 aromatic heterocycles. The smallest absolute Gasteiger partial charge is 0.0640 e. The van der Waals surface area contributed by atoms with Crippen LogP contribution in [0.25, 0.3) is 10.9 Å². The largest absolute Gasteiger partial charge is 0.344 e. The van der Waals surface area contributed by atoms with Crippen molar-refractivity contribution in [3.05, 3.63) is 33.9 Å². The van der Waals surface area contributed by atoms with E-state index in [4.69, 9.17) is 5.26 Å². The zero-order chi connectivity index (χ0) is 11.7. The summed E-state index contributed by atoms with van der Waals surface area (Å²) in [5.74, 6) is 0. The Labute approximate surface area is 104 Å². The number of rotatable bonds is 2. The Kier molecular flexibility index (Phi) is 3.02. The number of fused-ring (bicyclic) bond motifs is 1. The predicted molar refractivity (Wildman–Crippen MR) is 69.3 cm³/mol. The number of nitrogens with zero attached hydrogens (tertiary/aromatic N) is 2. The van der Waals surface area contributed by atoms with E-state index >= 15 is 0 Å². The number of hydrogen-bond acceptors (Lipinski definition) is 1. The number of hydrogen-bond donors (Lipinski definition) is 0. The molecule has 1 aromatic carbocycles. The Morgan fingerprint density at radius 2 is 2.12 bits per heavy atom. The molecule has 0 aliphatic carbocycles. The highest BCUT2D eigenvalue weighted by Gasteiger charge is 2.10. The van der Waals surface area contributed by atoms with E-state index in [0.717, 1.165) is 11.0 Å². The van der Waals surface area contributed by atoms with Crippen LogP contribution in [0.15, 0.2) is 22.7 Å². The van der Waals surface area contributed by atoms with Gasteiger partial charge in [-0.3, -0.25) is 0 Å². The Morgan fingerprint density at radius 1 is 1.38 bits per heavy atom. The van der Waals surface area contributed by atoms with E-state index in [-0.39, 0.29) is 0 Å². The molecule has 0 spiro atoms. The van der Waals surface area contributed by atoms with Gasteiger partial charge in [0.15, 0.2) is 0 Å². The van der Waals surface area contributed by atoms with Crippen molar-refractivity contribution < 1.29 is 0 Å². The van der Waals surface area contributed by atoms with E-state index in [9.17, 15) is 0 Å². The molecule has 0 aliphatic rings. The van der Waals surface area contributed by atoms with Gasteiger partial charge in [-0.2, -0.15) is 5.26 Å². The number of benzene rings is 1. The molecule has 2 nitrogen and oxygen atoms in total.